The lowest BCUT2D eigenvalue weighted by atomic mass is 10.2. The summed E-state index contributed by atoms with van der Waals surface area (Å²) in [5, 5.41) is 1.83. The van der Waals surface area contributed by atoms with E-state index in [9.17, 15) is 4.79 Å². The molecule has 124 valence electrons. The second kappa shape index (κ2) is 7.25. The maximum absolute atomic E-state index is 12.3. The van der Waals surface area contributed by atoms with Crippen molar-refractivity contribution < 1.29 is 4.79 Å². The van der Waals surface area contributed by atoms with Crippen molar-refractivity contribution in [2.45, 2.75) is 5.03 Å². The topological polar surface area (TPSA) is 42.9 Å². The fourth-order valence-electron chi connectivity index (χ4n) is 2.36. The highest BCUT2D eigenvalue weighted by Crippen LogP contribution is 2.36. The van der Waals surface area contributed by atoms with Crippen molar-refractivity contribution in [2.24, 2.45) is 0 Å². The van der Waals surface area contributed by atoms with Gasteiger partial charge < -0.3 is 0 Å². The Morgan fingerprint density at radius 3 is 2.68 bits per heavy atom. The number of hydrogen-bond donors (Lipinski definition) is 0. The second-order valence-electron chi connectivity index (χ2n) is 5.19. The van der Waals surface area contributed by atoms with Crippen LogP contribution < -0.4 is 0 Å². The van der Waals surface area contributed by atoms with Gasteiger partial charge >= 0.3 is 0 Å². The third kappa shape index (κ3) is 3.62. The van der Waals surface area contributed by atoms with Gasteiger partial charge in [0.25, 0.3) is 0 Å². The minimum atomic E-state index is 0.0622. The van der Waals surface area contributed by atoms with Crippen LogP contribution in [0.25, 0.3) is 20.7 Å². The summed E-state index contributed by atoms with van der Waals surface area (Å²) in [6.07, 6.45) is 1.56. The highest BCUT2D eigenvalue weighted by atomic mass is 35.5. The first-order valence-electron chi connectivity index (χ1n) is 7.42. The Morgan fingerprint density at radius 2 is 1.92 bits per heavy atom. The van der Waals surface area contributed by atoms with Crippen LogP contribution in [0.3, 0.4) is 0 Å². The summed E-state index contributed by atoms with van der Waals surface area (Å²) in [5.41, 5.74) is 1.16. The molecule has 1 aromatic carbocycles. The largest absolute Gasteiger partial charge is 0.292 e. The van der Waals surface area contributed by atoms with E-state index in [1.807, 2.05) is 18.2 Å². The van der Waals surface area contributed by atoms with Gasteiger partial charge in [-0.25, -0.2) is 9.97 Å². The summed E-state index contributed by atoms with van der Waals surface area (Å²) in [5.74, 6) is 0.395. The van der Waals surface area contributed by atoms with Crippen molar-refractivity contribution in [1.29, 1.82) is 0 Å². The van der Waals surface area contributed by atoms with Gasteiger partial charge in [-0.3, -0.25) is 4.79 Å². The minimum Gasteiger partial charge on any atom is -0.292 e. The Balaban J connectivity index is 1.59. The number of carbonyl (C=O) groups is 1. The molecule has 3 aromatic heterocycles. The molecule has 0 atom stereocenters. The van der Waals surface area contributed by atoms with E-state index in [0.29, 0.717) is 15.0 Å². The standard InChI is InChI=1S/C18H11ClN2OS3/c19-16-7-6-14(24-16)13(22)9-23-17-12-8-15(11-4-2-1-3-5-11)25-18(12)21-10-20-17/h1-8,10H,9H2. The van der Waals surface area contributed by atoms with Gasteiger partial charge in [-0.2, -0.15) is 0 Å². The van der Waals surface area contributed by atoms with Gasteiger partial charge in [-0.05, 0) is 23.8 Å². The molecule has 4 rings (SSSR count). The first kappa shape index (κ1) is 16.7. The molecule has 0 spiro atoms. The molecule has 0 aliphatic heterocycles. The summed E-state index contributed by atoms with van der Waals surface area (Å²) >= 11 is 10.3. The van der Waals surface area contributed by atoms with Crippen LogP contribution in [-0.4, -0.2) is 21.5 Å². The average molecular weight is 403 g/mol. The van der Waals surface area contributed by atoms with Gasteiger partial charge in [0.2, 0.25) is 0 Å². The third-order valence-corrected chi connectivity index (χ3v) is 6.91. The maximum atomic E-state index is 12.3. The van der Waals surface area contributed by atoms with E-state index in [1.54, 1.807) is 29.8 Å². The Labute approximate surface area is 161 Å². The lowest BCUT2D eigenvalue weighted by Gasteiger charge is -2.00. The highest BCUT2D eigenvalue weighted by Gasteiger charge is 2.14. The first-order valence-corrected chi connectivity index (χ1v) is 10.4. The number of aromatic nitrogens is 2. The van der Waals surface area contributed by atoms with E-state index in [2.05, 4.69) is 28.2 Å². The first-order chi connectivity index (χ1) is 12.2. The van der Waals surface area contributed by atoms with Crippen molar-refractivity contribution in [2.75, 3.05) is 5.75 Å². The molecule has 7 heteroatoms. The normalized spacial score (nSPS) is 11.1. The summed E-state index contributed by atoms with van der Waals surface area (Å²) < 4.78 is 0.628. The van der Waals surface area contributed by atoms with Crippen LogP contribution in [0.5, 0.6) is 0 Å². The number of benzene rings is 1. The van der Waals surface area contributed by atoms with Crippen molar-refractivity contribution in [3.8, 4) is 10.4 Å². The van der Waals surface area contributed by atoms with Crippen LogP contribution in [0.15, 0.2) is 59.9 Å². The lowest BCUT2D eigenvalue weighted by Crippen LogP contribution is -1.99. The van der Waals surface area contributed by atoms with Crippen LogP contribution in [-0.2, 0) is 0 Å². The van der Waals surface area contributed by atoms with E-state index in [4.69, 9.17) is 11.6 Å². The van der Waals surface area contributed by atoms with Crippen molar-refractivity contribution >= 4 is 62.0 Å². The van der Waals surface area contributed by atoms with Gasteiger partial charge in [0.05, 0.1) is 15.0 Å². The molecule has 4 aromatic rings. The molecule has 3 heterocycles. The zero-order valence-corrected chi connectivity index (χ0v) is 16.0. The molecule has 25 heavy (non-hydrogen) atoms. The van der Waals surface area contributed by atoms with E-state index in [0.717, 1.165) is 25.7 Å². The quantitative estimate of drug-likeness (QED) is 0.231. The van der Waals surface area contributed by atoms with Crippen molar-refractivity contribution in [3.05, 3.63) is 64.1 Å². The average Bonchev–Trinajstić information content (AvgIpc) is 3.27. The summed E-state index contributed by atoms with van der Waals surface area (Å²) in [6.45, 7) is 0. The van der Waals surface area contributed by atoms with E-state index in [1.165, 1.54) is 23.1 Å². The number of thiophene rings is 2. The Hall–Kier alpha value is -1.73. The molecule has 0 aliphatic carbocycles. The highest BCUT2D eigenvalue weighted by molar-refractivity contribution is 8.00. The molecular formula is C18H11ClN2OS3. The molecule has 0 unspecified atom stereocenters. The lowest BCUT2D eigenvalue weighted by molar-refractivity contribution is 0.102. The number of hydrogen-bond acceptors (Lipinski definition) is 6. The van der Waals surface area contributed by atoms with Crippen LogP contribution in [0, 0.1) is 0 Å². The van der Waals surface area contributed by atoms with E-state index in [-0.39, 0.29) is 5.78 Å². The minimum absolute atomic E-state index is 0.0622. The van der Waals surface area contributed by atoms with Crippen molar-refractivity contribution in [3.63, 3.8) is 0 Å². The summed E-state index contributed by atoms with van der Waals surface area (Å²) in [4.78, 5) is 23.8. The number of halogens is 1. The summed E-state index contributed by atoms with van der Waals surface area (Å²) in [6, 6.07) is 15.8. The Morgan fingerprint density at radius 1 is 1.08 bits per heavy atom. The predicted molar refractivity (Wildman–Crippen MR) is 107 cm³/mol. The molecule has 0 saturated carbocycles. The number of thioether (sulfide) groups is 1. The third-order valence-electron chi connectivity index (χ3n) is 3.54. The molecule has 0 amide bonds. The fraction of sp³-hybridized carbons (Fsp3) is 0.0556. The molecule has 0 bridgehead atoms. The van der Waals surface area contributed by atoms with Crippen LogP contribution >= 0.6 is 46.0 Å². The van der Waals surface area contributed by atoms with Gasteiger partial charge in [0.15, 0.2) is 5.78 Å². The maximum Gasteiger partial charge on any atom is 0.183 e. The molecule has 3 nitrogen and oxygen atoms in total. The zero-order valence-electron chi connectivity index (χ0n) is 12.8. The molecule has 0 radical (unpaired) electrons. The SMILES string of the molecule is O=C(CSc1ncnc2sc(-c3ccccc3)cc12)c1ccc(Cl)s1. The number of fused-ring (bicyclic) bond motifs is 1. The Bertz CT molecular complexity index is 1040. The van der Waals surface area contributed by atoms with Gasteiger partial charge in [0, 0.05) is 10.3 Å². The fourth-order valence-corrected chi connectivity index (χ4v) is 5.36. The van der Waals surface area contributed by atoms with E-state index < -0.39 is 0 Å². The monoisotopic (exact) mass is 402 g/mol. The molecule has 0 aliphatic rings. The van der Waals surface area contributed by atoms with Crippen molar-refractivity contribution in [1.82, 2.24) is 9.97 Å². The van der Waals surface area contributed by atoms with Gasteiger partial charge in [-0.1, -0.05) is 53.7 Å². The van der Waals surface area contributed by atoms with Gasteiger partial charge in [0.1, 0.15) is 16.2 Å². The molecule has 0 fully saturated rings. The number of ketones is 1. The smallest absolute Gasteiger partial charge is 0.183 e. The summed E-state index contributed by atoms with van der Waals surface area (Å²) in [7, 11) is 0. The molecule has 0 N–H and O–H groups in total. The van der Waals surface area contributed by atoms with Crippen LogP contribution in [0.4, 0.5) is 0 Å². The van der Waals surface area contributed by atoms with Gasteiger partial charge in [-0.15, -0.1) is 22.7 Å². The van der Waals surface area contributed by atoms with Crippen LogP contribution in [0.1, 0.15) is 9.67 Å². The van der Waals surface area contributed by atoms with E-state index >= 15 is 0 Å². The van der Waals surface area contributed by atoms with Crippen LogP contribution in [0.2, 0.25) is 4.34 Å². The molecule has 0 saturated heterocycles. The number of carbonyl (C=O) groups excluding carboxylic acids is 1. The number of Topliss-reactive ketones (excluding diaryl/α,β-unsaturated/α-hetero) is 1. The second-order valence-corrected chi connectivity index (χ2v) is 8.90. The predicted octanol–water partition coefficient (Wildman–Crippen LogP) is 6.05. The Kier molecular flexibility index (Phi) is 4.85. The zero-order chi connectivity index (χ0) is 17.2. The number of rotatable bonds is 5. The number of nitrogens with zero attached hydrogens (tertiary/aromatic N) is 2. The molecular weight excluding hydrogens is 392 g/mol.